The Balaban J connectivity index is 1.46. The van der Waals surface area contributed by atoms with Crippen LogP contribution in [-0.2, 0) is 9.59 Å². The Morgan fingerprint density at radius 1 is 1.30 bits per heavy atom. The van der Waals surface area contributed by atoms with Gasteiger partial charge in [0.05, 0.1) is 17.1 Å². The number of amides is 2. The third-order valence-corrected chi connectivity index (χ3v) is 6.08. The van der Waals surface area contributed by atoms with E-state index < -0.39 is 24.7 Å². The normalized spacial score (nSPS) is 25.1. The number of carbonyl (C=O) groups is 2. The van der Waals surface area contributed by atoms with Crippen molar-refractivity contribution >= 4 is 34.4 Å². The molecule has 1 aromatic carbocycles. The summed E-state index contributed by atoms with van der Waals surface area (Å²) in [6.07, 6.45) is -1.25. The average Bonchev–Trinajstić information content (AvgIpc) is 3.23. The first kappa shape index (κ1) is 21.0. The molecule has 4 rings (SSSR count). The number of nitrogens with zero attached hydrogens (tertiary/aromatic N) is 2. The molecule has 2 amide bonds. The van der Waals surface area contributed by atoms with E-state index in [9.17, 15) is 22.8 Å². The fraction of sp³-hybridized carbons (Fsp3) is 0.550. The molecule has 162 valence electrons. The van der Waals surface area contributed by atoms with Crippen LogP contribution >= 0.6 is 11.6 Å². The number of hydrogen-bond acceptors (Lipinski definition) is 3. The fourth-order valence-corrected chi connectivity index (χ4v) is 4.67. The number of hydrogen-bond donors (Lipinski definition) is 2. The summed E-state index contributed by atoms with van der Waals surface area (Å²) in [5.74, 6) is -0.569. The lowest BCUT2D eigenvalue weighted by molar-refractivity contribution is -0.157. The highest BCUT2D eigenvalue weighted by Gasteiger charge is 2.40. The van der Waals surface area contributed by atoms with E-state index in [1.165, 1.54) is 0 Å². The number of fused-ring (bicyclic) bond motifs is 1. The maximum atomic E-state index is 13.0. The topological polar surface area (TPSA) is 78.1 Å². The van der Waals surface area contributed by atoms with Crippen LogP contribution in [0.3, 0.4) is 0 Å². The lowest BCUT2D eigenvalue weighted by Gasteiger charge is -2.30. The van der Waals surface area contributed by atoms with E-state index in [2.05, 4.69) is 15.3 Å². The van der Waals surface area contributed by atoms with E-state index >= 15 is 0 Å². The minimum atomic E-state index is -4.45. The fourth-order valence-electron chi connectivity index (χ4n) is 4.50. The molecule has 0 bridgehead atoms. The van der Waals surface area contributed by atoms with Crippen LogP contribution in [0.1, 0.15) is 43.8 Å². The molecule has 1 saturated carbocycles. The number of imidazole rings is 1. The number of H-pyrrole nitrogens is 1. The molecule has 3 atom stereocenters. The van der Waals surface area contributed by atoms with Crippen molar-refractivity contribution in [1.82, 2.24) is 20.2 Å². The van der Waals surface area contributed by atoms with Crippen molar-refractivity contribution in [2.45, 2.75) is 50.2 Å². The Morgan fingerprint density at radius 2 is 2.07 bits per heavy atom. The van der Waals surface area contributed by atoms with Crippen LogP contribution in [0, 0.1) is 5.92 Å². The monoisotopic (exact) mass is 442 g/mol. The maximum Gasteiger partial charge on any atom is 0.406 e. The maximum absolute atomic E-state index is 13.0. The van der Waals surface area contributed by atoms with Gasteiger partial charge in [0.2, 0.25) is 11.8 Å². The predicted molar refractivity (Wildman–Crippen MR) is 105 cm³/mol. The minimum absolute atomic E-state index is 0.109. The van der Waals surface area contributed by atoms with Crippen LogP contribution in [0.4, 0.5) is 13.2 Å². The number of likely N-dealkylation sites (tertiary alicyclic amines) is 1. The van der Waals surface area contributed by atoms with E-state index in [1.807, 2.05) is 6.07 Å². The van der Waals surface area contributed by atoms with Crippen molar-refractivity contribution in [2.24, 2.45) is 5.92 Å². The van der Waals surface area contributed by atoms with Crippen molar-refractivity contribution in [2.75, 3.05) is 13.1 Å². The number of benzene rings is 1. The third-order valence-electron chi connectivity index (χ3n) is 5.85. The largest absolute Gasteiger partial charge is 0.406 e. The SMILES string of the molecule is O=C(NC1CC(=O)N(CC(F)(F)F)C1)C1CCCCC1c1nc2ccc(Cl)cc2[nH]1. The van der Waals surface area contributed by atoms with Crippen molar-refractivity contribution in [3.05, 3.63) is 29.0 Å². The quantitative estimate of drug-likeness (QED) is 0.756. The molecule has 10 heteroatoms. The molecule has 2 heterocycles. The highest BCUT2D eigenvalue weighted by atomic mass is 35.5. The van der Waals surface area contributed by atoms with E-state index in [-0.39, 0.29) is 30.7 Å². The summed E-state index contributed by atoms with van der Waals surface area (Å²) in [6, 6.07) is 4.74. The standard InChI is InChI=1S/C20H22ClF3N4O2/c21-11-5-6-15-16(7-11)27-18(26-15)13-3-1-2-4-14(13)19(30)25-12-8-17(29)28(9-12)10-20(22,23)24/h5-7,12-14H,1-4,8-10H2,(H,25,30)(H,26,27). The van der Waals surface area contributed by atoms with Gasteiger partial charge in [-0.3, -0.25) is 9.59 Å². The predicted octanol–water partition coefficient (Wildman–Crippen LogP) is 3.77. The molecule has 1 aromatic heterocycles. The summed E-state index contributed by atoms with van der Waals surface area (Å²) in [4.78, 5) is 33.5. The van der Waals surface area contributed by atoms with E-state index in [0.29, 0.717) is 17.3 Å². The van der Waals surface area contributed by atoms with Gasteiger partial charge in [0, 0.05) is 29.8 Å². The Bertz CT molecular complexity index is 961. The van der Waals surface area contributed by atoms with Gasteiger partial charge >= 0.3 is 6.18 Å². The van der Waals surface area contributed by atoms with Crippen molar-refractivity contribution in [1.29, 1.82) is 0 Å². The molecule has 6 nitrogen and oxygen atoms in total. The van der Waals surface area contributed by atoms with Gasteiger partial charge in [-0.15, -0.1) is 0 Å². The first-order chi connectivity index (χ1) is 14.2. The van der Waals surface area contributed by atoms with Gasteiger partial charge in [0.1, 0.15) is 12.4 Å². The number of carbonyl (C=O) groups excluding carboxylic acids is 2. The molecular formula is C20H22ClF3N4O2. The van der Waals surface area contributed by atoms with Crippen molar-refractivity contribution in [3.63, 3.8) is 0 Å². The highest BCUT2D eigenvalue weighted by Crippen LogP contribution is 2.38. The first-order valence-electron chi connectivity index (χ1n) is 9.99. The number of aromatic nitrogens is 2. The summed E-state index contributed by atoms with van der Waals surface area (Å²) in [5, 5.41) is 3.39. The van der Waals surface area contributed by atoms with Crippen molar-refractivity contribution < 1.29 is 22.8 Å². The summed E-state index contributed by atoms with van der Waals surface area (Å²) in [5.41, 5.74) is 1.56. The Hall–Kier alpha value is -2.29. The van der Waals surface area contributed by atoms with Crippen LogP contribution in [0.5, 0.6) is 0 Å². The molecule has 1 aliphatic heterocycles. The minimum Gasteiger partial charge on any atom is -0.351 e. The molecule has 2 aliphatic rings. The zero-order chi connectivity index (χ0) is 21.5. The number of halogens is 4. The summed E-state index contributed by atoms with van der Waals surface area (Å²) in [7, 11) is 0. The van der Waals surface area contributed by atoms with Crippen LogP contribution in [-0.4, -0.2) is 52.0 Å². The number of alkyl halides is 3. The Kier molecular flexibility index (Phi) is 5.65. The van der Waals surface area contributed by atoms with Gasteiger partial charge in [0.25, 0.3) is 0 Å². The third kappa shape index (κ3) is 4.55. The lowest BCUT2D eigenvalue weighted by atomic mass is 9.78. The first-order valence-corrected chi connectivity index (χ1v) is 10.4. The van der Waals surface area contributed by atoms with Gasteiger partial charge in [0.15, 0.2) is 0 Å². The highest BCUT2D eigenvalue weighted by molar-refractivity contribution is 6.31. The molecule has 2 fully saturated rings. The average molecular weight is 443 g/mol. The summed E-state index contributed by atoms with van der Waals surface area (Å²) >= 11 is 6.04. The lowest BCUT2D eigenvalue weighted by Crippen LogP contribution is -2.43. The zero-order valence-electron chi connectivity index (χ0n) is 16.1. The van der Waals surface area contributed by atoms with Gasteiger partial charge in [-0.1, -0.05) is 24.4 Å². The second-order valence-electron chi connectivity index (χ2n) is 8.08. The molecule has 2 aromatic rings. The Morgan fingerprint density at radius 3 is 2.83 bits per heavy atom. The van der Waals surface area contributed by atoms with Crippen LogP contribution in [0.15, 0.2) is 18.2 Å². The zero-order valence-corrected chi connectivity index (χ0v) is 16.9. The van der Waals surface area contributed by atoms with Gasteiger partial charge in [-0.25, -0.2) is 4.98 Å². The van der Waals surface area contributed by atoms with Crippen LogP contribution in [0.25, 0.3) is 11.0 Å². The number of aromatic amines is 1. The molecule has 1 aliphatic carbocycles. The molecule has 3 unspecified atom stereocenters. The molecule has 0 radical (unpaired) electrons. The summed E-state index contributed by atoms with van der Waals surface area (Å²) < 4.78 is 37.8. The number of nitrogens with one attached hydrogen (secondary N) is 2. The molecule has 2 N–H and O–H groups in total. The Labute approximate surface area is 176 Å². The van der Waals surface area contributed by atoms with E-state index in [0.717, 1.165) is 35.2 Å². The smallest absolute Gasteiger partial charge is 0.351 e. The molecule has 0 spiro atoms. The van der Waals surface area contributed by atoms with E-state index in [4.69, 9.17) is 11.6 Å². The number of rotatable bonds is 4. The van der Waals surface area contributed by atoms with Crippen LogP contribution < -0.4 is 5.32 Å². The van der Waals surface area contributed by atoms with Gasteiger partial charge in [-0.05, 0) is 31.0 Å². The second-order valence-corrected chi connectivity index (χ2v) is 8.52. The second kappa shape index (κ2) is 8.09. The molecule has 30 heavy (non-hydrogen) atoms. The summed E-state index contributed by atoms with van der Waals surface area (Å²) in [6.45, 7) is -1.41. The van der Waals surface area contributed by atoms with Gasteiger partial charge < -0.3 is 15.2 Å². The van der Waals surface area contributed by atoms with Crippen LogP contribution in [0.2, 0.25) is 5.02 Å². The van der Waals surface area contributed by atoms with E-state index in [1.54, 1.807) is 12.1 Å². The molecule has 1 saturated heterocycles. The van der Waals surface area contributed by atoms with Gasteiger partial charge in [-0.2, -0.15) is 13.2 Å². The van der Waals surface area contributed by atoms with Crippen molar-refractivity contribution in [3.8, 4) is 0 Å². The molecular weight excluding hydrogens is 421 g/mol.